The second-order valence-electron chi connectivity index (χ2n) is 5.10. The zero-order valence-electron chi connectivity index (χ0n) is 10.4. The fourth-order valence-electron chi connectivity index (χ4n) is 2.50. The summed E-state index contributed by atoms with van der Waals surface area (Å²) < 4.78 is 27.3. The maximum Gasteiger partial charge on any atom is 0.185 e. The van der Waals surface area contributed by atoms with Crippen LogP contribution in [0, 0.1) is 18.6 Å². The lowest BCUT2D eigenvalue weighted by molar-refractivity contribution is 0.0842. The van der Waals surface area contributed by atoms with E-state index in [1.54, 1.807) is 0 Å². The number of carbonyl (C=O) groups is 1. The third-order valence-electron chi connectivity index (χ3n) is 3.72. The van der Waals surface area contributed by atoms with Crippen molar-refractivity contribution in [2.24, 2.45) is 5.73 Å². The molecule has 1 saturated carbocycles. The first-order valence-electron chi connectivity index (χ1n) is 6.24. The number of aryl methyl sites for hydroxylation is 1. The van der Waals surface area contributed by atoms with Crippen LogP contribution in [-0.4, -0.2) is 11.3 Å². The average molecular weight is 253 g/mol. The van der Waals surface area contributed by atoms with Crippen molar-refractivity contribution in [2.45, 2.75) is 44.6 Å². The molecular formula is C14H17F2NO. The van der Waals surface area contributed by atoms with E-state index in [1.807, 2.05) is 0 Å². The zero-order chi connectivity index (χ0) is 13.3. The van der Waals surface area contributed by atoms with Crippen LogP contribution < -0.4 is 5.73 Å². The standard InChI is InChI=1S/C14H17F2NO/c1-9-5-6-10(12(16)11(9)15)13(18)14(17)7-3-2-4-8-14/h5-6H,2-4,7-8,17H2,1H3. The number of ketones is 1. The number of rotatable bonds is 2. The van der Waals surface area contributed by atoms with Crippen LogP contribution in [-0.2, 0) is 0 Å². The predicted molar refractivity (Wildman–Crippen MR) is 65.4 cm³/mol. The molecule has 0 bridgehead atoms. The molecule has 0 amide bonds. The van der Waals surface area contributed by atoms with Gasteiger partial charge < -0.3 is 5.73 Å². The van der Waals surface area contributed by atoms with Crippen molar-refractivity contribution >= 4 is 5.78 Å². The third kappa shape index (κ3) is 2.17. The van der Waals surface area contributed by atoms with Crippen LogP contribution in [0.3, 0.4) is 0 Å². The summed E-state index contributed by atoms with van der Waals surface area (Å²) in [7, 11) is 0. The van der Waals surface area contributed by atoms with Crippen LogP contribution >= 0.6 is 0 Å². The van der Waals surface area contributed by atoms with Crippen molar-refractivity contribution in [3.63, 3.8) is 0 Å². The van der Waals surface area contributed by atoms with Gasteiger partial charge in [-0.1, -0.05) is 25.3 Å². The topological polar surface area (TPSA) is 43.1 Å². The number of nitrogens with two attached hydrogens (primary N) is 1. The average Bonchev–Trinajstić information content (AvgIpc) is 2.36. The van der Waals surface area contributed by atoms with Gasteiger partial charge in [-0.3, -0.25) is 4.79 Å². The van der Waals surface area contributed by atoms with Gasteiger partial charge in [0, 0.05) is 0 Å². The summed E-state index contributed by atoms with van der Waals surface area (Å²) in [6.07, 6.45) is 3.84. The quantitative estimate of drug-likeness (QED) is 0.823. The first-order valence-corrected chi connectivity index (χ1v) is 6.24. The van der Waals surface area contributed by atoms with Gasteiger partial charge in [-0.2, -0.15) is 0 Å². The Hall–Kier alpha value is -1.29. The molecule has 0 aliphatic heterocycles. The van der Waals surface area contributed by atoms with Gasteiger partial charge in [-0.25, -0.2) is 8.78 Å². The summed E-state index contributed by atoms with van der Waals surface area (Å²) in [4.78, 5) is 12.3. The van der Waals surface area contributed by atoms with E-state index in [4.69, 9.17) is 5.73 Å². The molecular weight excluding hydrogens is 236 g/mol. The van der Waals surface area contributed by atoms with Gasteiger partial charge in [0.2, 0.25) is 0 Å². The highest BCUT2D eigenvalue weighted by Gasteiger charge is 2.37. The predicted octanol–water partition coefficient (Wildman–Crippen LogP) is 3.12. The number of carbonyl (C=O) groups excluding carboxylic acids is 1. The van der Waals surface area contributed by atoms with Crippen LogP contribution in [0.1, 0.15) is 48.0 Å². The molecule has 0 radical (unpaired) electrons. The minimum absolute atomic E-state index is 0.193. The van der Waals surface area contributed by atoms with Gasteiger partial charge in [-0.15, -0.1) is 0 Å². The van der Waals surface area contributed by atoms with Gasteiger partial charge in [0.1, 0.15) is 0 Å². The van der Waals surface area contributed by atoms with Crippen molar-refractivity contribution in [3.05, 3.63) is 34.9 Å². The van der Waals surface area contributed by atoms with E-state index >= 15 is 0 Å². The van der Waals surface area contributed by atoms with E-state index in [0.717, 1.165) is 19.3 Å². The molecule has 1 aromatic rings. The number of hydrogen-bond acceptors (Lipinski definition) is 2. The Balaban J connectivity index is 2.37. The second-order valence-corrected chi connectivity index (χ2v) is 5.10. The maximum atomic E-state index is 13.8. The van der Waals surface area contributed by atoms with E-state index in [9.17, 15) is 13.6 Å². The van der Waals surface area contributed by atoms with Crippen LogP contribution in [0.15, 0.2) is 12.1 Å². The highest BCUT2D eigenvalue weighted by Crippen LogP contribution is 2.30. The molecule has 0 spiro atoms. The molecule has 18 heavy (non-hydrogen) atoms. The highest BCUT2D eigenvalue weighted by molar-refractivity contribution is 6.03. The molecule has 2 rings (SSSR count). The molecule has 1 aliphatic carbocycles. The Kier molecular flexibility index (Phi) is 3.48. The molecule has 2 N–H and O–H groups in total. The molecule has 0 saturated heterocycles. The second kappa shape index (κ2) is 4.76. The summed E-state index contributed by atoms with van der Waals surface area (Å²) in [6, 6.07) is 2.75. The summed E-state index contributed by atoms with van der Waals surface area (Å²) in [5.74, 6) is -2.51. The first-order chi connectivity index (χ1) is 8.46. The first kappa shape index (κ1) is 13.1. The van der Waals surface area contributed by atoms with Crippen molar-refractivity contribution in [3.8, 4) is 0 Å². The van der Waals surface area contributed by atoms with Crippen molar-refractivity contribution < 1.29 is 13.6 Å². The fourth-order valence-corrected chi connectivity index (χ4v) is 2.50. The number of benzene rings is 1. The third-order valence-corrected chi connectivity index (χ3v) is 3.72. The van der Waals surface area contributed by atoms with Gasteiger partial charge >= 0.3 is 0 Å². The van der Waals surface area contributed by atoms with Crippen LogP contribution in [0.25, 0.3) is 0 Å². The SMILES string of the molecule is Cc1ccc(C(=O)C2(N)CCCCC2)c(F)c1F. The largest absolute Gasteiger partial charge is 0.319 e. The molecule has 1 aromatic carbocycles. The molecule has 0 aromatic heterocycles. The molecule has 2 nitrogen and oxygen atoms in total. The summed E-state index contributed by atoms with van der Waals surface area (Å²) in [5, 5.41) is 0. The lowest BCUT2D eigenvalue weighted by Gasteiger charge is -2.32. The number of Topliss-reactive ketones (excluding diaryl/α,β-unsaturated/α-hetero) is 1. The Morgan fingerprint density at radius 3 is 2.39 bits per heavy atom. The van der Waals surface area contributed by atoms with E-state index in [2.05, 4.69) is 0 Å². The lowest BCUT2D eigenvalue weighted by Crippen LogP contribution is -2.49. The van der Waals surface area contributed by atoms with E-state index in [0.29, 0.717) is 12.8 Å². The minimum atomic E-state index is -1.07. The summed E-state index contributed by atoms with van der Waals surface area (Å²) in [5.41, 5.74) is 5.00. The van der Waals surface area contributed by atoms with Crippen molar-refractivity contribution in [2.75, 3.05) is 0 Å². The normalized spacial score (nSPS) is 18.7. The summed E-state index contributed by atoms with van der Waals surface area (Å²) in [6.45, 7) is 1.46. The Labute approximate surface area is 105 Å². The molecule has 0 unspecified atom stereocenters. The minimum Gasteiger partial charge on any atom is -0.319 e. The van der Waals surface area contributed by atoms with Gasteiger partial charge in [0.25, 0.3) is 0 Å². The monoisotopic (exact) mass is 253 g/mol. The molecule has 4 heteroatoms. The van der Waals surface area contributed by atoms with Crippen molar-refractivity contribution in [1.29, 1.82) is 0 Å². The van der Waals surface area contributed by atoms with Crippen LogP contribution in [0.2, 0.25) is 0 Å². The molecule has 98 valence electrons. The molecule has 1 fully saturated rings. The zero-order valence-corrected chi connectivity index (χ0v) is 10.4. The number of halogens is 2. The summed E-state index contributed by atoms with van der Waals surface area (Å²) >= 11 is 0. The van der Waals surface area contributed by atoms with Gasteiger partial charge in [-0.05, 0) is 31.4 Å². The van der Waals surface area contributed by atoms with Crippen molar-refractivity contribution in [1.82, 2.24) is 0 Å². The lowest BCUT2D eigenvalue weighted by atomic mass is 9.77. The fraction of sp³-hybridized carbons (Fsp3) is 0.500. The van der Waals surface area contributed by atoms with Gasteiger partial charge in [0.15, 0.2) is 17.4 Å². The molecule has 1 aliphatic rings. The van der Waals surface area contributed by atoms with E-state index in [1.165, 1.54) is 19.1 Å². The highest BCUT2D eigenvalue weighted by atomic mass is 19.2. The Morgan fingerprint density at radius 1 is 1.17 bits per heavy atom. The van der Waals surface area contributed by atoms with Crippen LogP contribution in [0.4, 0.5) is 8.78 Å². The number of hydrogen-bond donors (Lipinski definition) is 1. The Bertz CT molecular complexity index is 479. The Morgan fingerprint density at radius 2 is 1.78 bits per heavy atom. The van der Waals surface area contributed by atoms with E-state index in [-0.39, 0.29) is 11.1 Å². The molecule has 0 atom stereocenters. The van der Waals surface area contributed by atoms with E-state index < -0.39 is 23.0 Å². The van der Waals surface area contributed by atoms with Crippen LogP contribution in [0.5, 0.6) is 0 Å². The molecule has 0 heterocycles. The smallest absolute Gasteiger partial charge is 0.185 e. The van der Waals surface area contributed by atoms with Gasteiger partial charge in [0.05, 0.1) is 11.1 Å². The maximum absolute atomic E-state index is 13.8.